The van der Waals surface area contributed by atoms with E-state index in [4.69, 9.17) is 11.6 Å². The van der Waals surface area contributed by atoms with Crippen molar-refractivity contribution >= 4 is 33.5 Å². The van der Waals surface area contributed by atoms with Gasteiger partial charge in [-0.05, 0) is 87.3 Å². The van der Waals surface area contributed by atoms with Gasteiger partial charge in [-0.3, -0.25) is 9.59 Å². The number of hydrogen-bond acceptors (Lipinski definition) is 4. The van der Waals surface area contributed by atoms with Gasteiger partial charge in [0.1, 0.15) is 5.54 Å². The fourth-order valence-corrected chi connectivity index (χ4v) is 9.28. The number of carbonyl (C=O) groups is 2. The maximum Gasteiger partial charge on any atom is 0.309 e. The third-order valence-corrected chi connectivity index (χ3v) is 10.8. The molecule has 0 spiro atoms. The summed E-state index contributed by atoms with van der Waals surface area (Å²) in [6.07, 6.45) is 6.26. The van der Waals surface area contributed by atoms with E-state index in [0.29, 0.717) is 42.2 Å². The van der Waals surface area contributed by atoms with Gasteiger partial charge < -0.3 is 10.4 Å². The minimum Gasteiger partial charge on any atom is -0.481 e. The van der Waals surface area contributed by atoms with Crippen LogP contribution in [0.4, 0.5) is 0 Å². The van der Waals surface area contributed by atoms with Gasteiger partial charge in [-0.2, -0.15) is 4.72 Å². The largest absolute Gasteiger partial charge is 0.481 e. The Morgan fingerprint density at radius 1 is 1.09 bits per heavy atom. The molecular formula is C24H31ClN2O5S. The van der Waals surface area contributed by atoms with Crippen LogP contribution in [0, 0.1) is 30.1 Å². The molecule has 5 aliphatic carbocycles. The van der Waals surface area contributed by atoms with E-state index in [1.807, 2.05) is 0 Å². The summed E-state index contributed by atoms with van der Waals surface area (Å²) in [4.78, 5) is 25.8. The van der Waals surface area contributed by atoms with Crippen LogP contribution >= 0.6 is 11.6 Å². The summed E-state index contributed by atoms with van der Waals surface area (Å²) >= 11 is 6.15. The number of carboxylic acids is 1. The molecule has 4 bridgehead atoms. The van der Waals surface area contributed by atoms with Crippen molar-refractivity contribution in [1.29, 1.82) is 0 Å². The van der Waals surface area contributed by atoms with E-state index in [1.54, 1.807) is 19.1 Å². The normalized spacial score (nSPS) is 34.4. The molecule has 0 aliphatic heterocycles. The predicted molar refractivity (Wildman–Crippen MR) is 123 cm³/mol. The van der Waals surface area contributed by atoms with Gasteiger partial charge in [0, 0.05) is 11.1 Å². The fourth-order valence-electron chi connectivity index (χ4n) is 7.36. The summed E-state index contributed by atoms with van der Waals surface area (Å²) in [5.41, 5.74) is -1.37. The molecular weight excluding hydrogens is 464 g/mol. The molecule has 3 N–H and O–H groups in total. The van der Waals surface area contributed by atoms with Gasteiger partial charge in [0.15, 0.2) is 0 Å². The molecule has 2 unspecified atom stereocenters. The molecule has 0 heterocycles. The Labute approximate surface area is 199 Å². The summed E-state index contributed by atoms with van der Waals surface area (Å²) in [5.74, 6) is -0.284. The molecule has 180 valence electrons. The number of carboxylic acid groups (broad SMARTS) is 1. The molecule has 5 saturated carbocycles. The van der Waals surface area contributed by atoms with E-state index in [1.165, 1.54) is 6.07 Å². The Morgan fingerprint density at radius 3 is 2.33 bits per heavy atom. The topological polar surface area (TPSA) is 113 Å². The molecule has 5 fully saturated rings. The van der Waals surface area contributed by atoms with Gasteiger partial charge in [-0.15, -0.1) is 0 Å². The van der Waals surface area contributed by atoms with Crippen molar-refractivity contribution in [2.24, 2.45) is 23.2 Å². The Morgan fingerprint density at radius 2 is 1.73 bits per heavy atom. The molecule has 7 nitrogen and oxygen atoms in total. The number of nitrogens with one attached hydrogen (secondary N) is 2. The van der Waals surface area contributed by atoms with Gasteiger partial charge in [0.25, 0.3) is 0 Å². The van der Waals surface area contributed by atoms with Crippen molar-refractivity contribution in [1.82, 2.24) is 10.0 Å². The number of carbonyl (C=O) groups excluding carboxylic acids is 1. The van der Waals surface area contributed by atoms with E-state index >= 15 is 0 Å². The number of rotatable bonds is 6. The van der Waals surface area contributed by atoms with Crippen LogP contribution in [0.2, 0.25) is 5.02 Å². The minimum atomic E-state index is -3.96. The second-order valence-electron chi connectivity index (χ2n) is 10.8. The third kappa shape index (κ3) is 3.78. The number of amides is 1. The van der Waals surface area contributed by atoms with Gasteiger partial charge in [-0.25, -0.2) is 8.42 Å². The van der Waals surface area contributed by atoms with Crippen LogP contribution in [0.1, 0.15) is 63.4 Å². The predicted octanol–water partition coefficient (Wildman–Crippen LogP) is 3.64. The number of hydrogen-bond donors (Lipinski definition) is 3. The second kappa shape index (κ2) is 7.95. The Hall–Kier alpha value is -1.64. The average Bonchev–Trinajstić information content (AvgIpc) is 3.21. The number of halogens is 1. The first-order valence-electron chi connectivity index (χ1n) is 11.9. The van der Waals surface area contributed by atoms with E-state index in [9.17, 15) is 23.1 Å². The highest BCUT2D eigenvalue weighted by atomic mass is 35.5. The molecule has 5 aliphatic rings. The molecule has 0 radical (unpaired) electrons. The van der Waals surface area contributed by atoms with Crippen LogP contribution in [-0.2, 0) is 19.6 Å². The Bertz CT molecular complexity index is 1080. The standard InChI is InChI=1S/C24H31ClN2O5S/c1-14-18(25)5-4-6-19(14)33(31,32)27-24(7-2-3-8-24)21(28)26-20-16-9-15-10-17(20)13-23(11-15,12-16)22(29)30/h4-6,15-17,20,27H,2-3,7-13H2,1H3,(H,26,28)(H,29,30). The SMILES string of the molecule is Cc1c(Cl)cccc1S(=O)(=O)NC1(C(=O)NC2C3CC4CC2CC(C(=O)O)(C4)C3)CCCC1. The second-order valence-corrected chi connectivity index (χ2v) is 12.9. The van der Waals surface area contributed by atoms with Crippen LogP contribution in [0.5, 0.6) is 0 Å². The molecule has 0 saturated heterocycles. The number of aliphatic carboxylic acids is 1. The van der Waals surface area contributed by atoms with Crippen LogP contribution < -0.4 is 10.0 Å². The van der Waals surface area contributed by atoms with E-state index in [0.717, 1.165) is 32.1 Å². The molecule has 2 atom stereocenters. The summed E-state index contributed by atoms with van der Waals surface area (Å²) in [6.45, 7) is 1.66. The zero-order valence-electron chi connectivity index (χ0n) is 18.8. The molecule has 9 heteroatoms. The van der Waals surface area contributed by atoms with E-state index in [2.05, 4.69) is 10.0 Å². The van der Waals surface area contributed by atoms with Gasteiger partial charge in [0.2, 0.25) is 15.9 Å². The maximum atomic E-state index is 13.7. The van der Waals surface area contributed by atoms with Gasteiger partial charge >= 0.3 is 5.97 Å². The Kier molecular flexibility index (Phi) is 5.57. The molecule has 33 heavy (non-hydrogen) atoms. The highest BCUT2D eigenvalue weighted by Crippen LogP contribution is 2.60. The summed E-state index contributed by atoms with van der Waals surface area (Å²) in [5, 5.41) is 13.4. The van der Waals surface area contributed by atoms with E-state index < -0.39 is 26.9 Å². The first-order valence-corrected chi connectivity index (χ1v) is 13.7. The summed E-state index contributed by atoms with van der Waals surface area (Å²) in [6, 6.07) is 4.66. The van der Waals surface area contributed by atoms with Crippen molar-refractivity contribution in [3.63, 3.8) is 0 Å². The highest BCUT2D eigenvalue weighted by Gasteiger charge is 2.59. The van der Waals surface area contributed by atoms with Crippen molar-refractivity contribution in [2.45, 2.75) is 81.2 Å². The third-order valence-electron chi connectivity index (χ3n) is 8.75. The summed E-state index contributed by atoms with van der Waals surface area (Å²) in [7, 11) is -3.96. The highest BCUT2D eigenvalue weighted by molar-refractivity contribution is 7.89. The lowest BCUT2D eigenvalue weighted by molar-refractivity contribution is -0.168. The number of sulfonamides is 1. The lowest BCUT2D eigenvalue weighted by Gasteiger charge is -2.58. The van der Waals surface area contributed by atoms with E-state index in [-0.39, 0.29) is 28.7 Å². The van der Waals surface area contributed by atoms with Crippen molar-refractivity contribution in [2.75, 3.05) is 0 Å². The molecule has 1 aromatic rings. The van der Waals surface area contributed by atoms with Crippen molar-refractivity contribution < 1.29 is 23.1 Å². The molecule has 0 aromatic heterocycles. The van der Waals surface area contributed by atoms with Crippen LogP contribution in [0.25, 0.3) is 0 Å². The fraction of sp³-hybridized carbons (Fsp3) is 0.667. The summed E-state index contributed by atoms with van der Waals surface area (Å²) < 4.78 is 29.4. The first-order chi connectivity index (χ1) is 15.6. The lowest BCUT2D eigenvalue weighted by atomic mass is 9.48. The molecule has 1 aromatic carbocycles. The van der Waals surface area contributed by atoms with Gasteiger partial charge in [0.05, 0.1) is 10.3 Å². The van der Waals surface area contributed by atoms with Crippen LogP contribution in [0.3, 0.4) is 0 Å². The lowest BCUT2D eigenvalue weighted by Crippen LogP contribution is -2.65. The van der Waals surface area contributed by atoms with Gasteiger partial charge in [-0.1, -0.05) is 30.5 Å². The quantitative estimate of drug-likeness (QED) is 0.559. The first kappa shape index (κ1) is 23.1. The van der Waals surface area contributed by atoms with Crippen LogP contribution in [-0.4, -0.2) is 37.0 Å². The minimum absolute atomic E-state index is 0.0867. The average molecular weight is 495 g/mol. The zero-order valence-corrected chi connectivity index (χ0v) is 20.3. The number of benzene rings is 1. The molecule has 6 rings (SSSR count). The molecule has 1 amide bonds. The monoisotopic (exact) mass is 494 g/mol. The smallest absolute Gasteiger partial charge is 0.309 e. The zero-order chi connectivity index (χ0) is 23.6. The maximum absolute atomic E-state index is 13.7. The Balaban J connectivity index is 1.38. The van der Waals surface area contributed by atoms with Crippen molar-refractivity contribution in [3.8, 4) is 0 Å². The van der Waals surface area contributed by atoms with Crippen LogP contribution in [0.15, 0.2) is 23.1 Å². The van der Waals surface area contributed by atoms with Crippen molar-refractivity contribution in [3.05, 3.63) is 28.8 Å².